The number of aromatic nitrogens is 4. The summed E-state index contributed by atoms with van der Waals surface area (Å²) in [4.78, 5) is 15.1. The Bertz CT molecular complexity index is 3200. The highest BCUT2D eigenvalue weighted by molar-refractivity contribution is 6.13. The van der Waals surface area contributed by atoms with Crippen LogP contribution < -0.4 is 0 Å². The van der Waals surface area contributed by atoms with Crippen LogP contribution in [0.25, 0.3) is 94.7 Å². The molecule has 0 aliphatic heterocycles. The molecular weight excluding hydrogens is 697 g/mol. The standard InChI is InChI=1S/C52H34N4O/c1-4-15-34(16-5-1)31-39-32-38(52-54-50(35-17-6-2-7-18-35)53-51(55-52)36-19-8-3-9-20-36)28-30-45(39)56-46-25-12-10-21-41(46)42-29-27-37(33-47(42)56)40-23-14-24-44-43-22-11-13-26-48(43)57-49(40)44/h1-30,32-33H,31H2. The molecule has 11 rings (SSSR count). The highest BCUT2D eigenvalue weighted by Crippen LogP contribution is 2.40. The third-order valence-corrected chi connectivity index (χ3v) is 10.9. The zero-order valence-corrected chi connectivity index (χ0v) is 30.9. The van der Waals surface area contributed by atoms with E-state index in [4.69, 9.17) is 19.4 Å². The summed E-state index contributed by atoms with van der Waals surface area (Å²) in [5.74, 6) is 1.91. The lowest BCUT2D eigenvalue weighted by Gasteiger charge is -2.16. The lowest BCUT2D eigenvalue weighted by Crippen LogP contribution is -2.04. The van der Waals surface area contributed by atoms with E-state index >= 15 is 0 Å². The van der Waals surface area contributed by atoms with Crippen molar-refractivity contribution in [3.63, 3.8) is 0 Å². The Labute approximate surface area is 329 Å². The van der Waals surface area contributed by atoms with Gasteiger partial charge >= 0.3 is 0 Å². The minimum atomic E-state index is 0.631. The van der Waals surface area contributed by atoms with Crippen molar-refractivity contribution in [2.24, 2.45) is 0 Å². The molecular formula is C52H34N4O. The third kappa shape index (κ3) is 5.76. The normalized spacial score (nSPS) is 11.6. The van der Waals surface area contributed by atoms with Gasteiger partial charge in [-0.3, -0.25) is 0 Å². The first kappa shape index (κ1) is 32.8. The molecule has 0 bridgehead atoms. The molecule has 3 aromatic heterocycles. The van der Waals surface area contributed by atoms with Gasteiger partial charge in [0.1, 0.15) is 11.2 Å². The molecule has 8 aromatic carbocycles. The molecule has 0 spiro atoms. The Morgan fingerprint density at radius 1 is 0.404 bits per heavy atom. The van der Waals surface area contributed by atoms with Crippen LogP contribution in [0, 0.1) is 0 Å². The van der Waals surface area contributed by atoms with E-state index in [2.05, 4.69) is 126 Å². The maximum absolute atomic E-state index is 6.51. The van der Waals surface area contributed by atoms with Gasteiger partial charge in [0.2, 0.25) is 0 Å². The van der Waals surface area contributed by atoms with Crippen molar-refractivity contribution in [2.45, 2.75) is 6.42 Å². The number of hydrogen-bond acceptors (Lipinski definition) is 4. The highest BCUT2D eigenvalue weighted by atomic mass is 16.3. The summed E-state index contributed by atoms with van der Waals surface area (Å²) in [6, 6.07) is 67.8. The molecule has 268 valence electrons. The second-order valence-electron chi connectivity index (χ2n) is 14.4. The van der Waals surface area contributed by atoms with E-state index in [1.807, 2.05) is 72.8 Å². The Balaban J connectivity index is 1.13. The molecule has 5 nitrogen and oxygen atoms in total. The van der Waals surface area contributed by atoms with E-state index < -0.39 is 0 Å². The van der Waals surface area contributed by atoms with Gasteiger partial charge in [-0.15, -0.1) is 0 Å². The number of hydrogen-bond donors (Lipinski definition) is 0. The monoisotopic (exact) mass is 730 g/mol. The van der Waals surface area contributed by atoms with Gasteiger partial charge in [0.15, 0.2) is 17.5 Å². The molecule has 3 heterocycles. The third-order valence-electron chi connectivity index (χ3n) is 10.9. The van der Waals surface area contributed by atoms with Crippen molar-refractivity contribution in [1.82, 2.24) is 19.5 Å². The zero-order chi connectivity index (χ0) is 37.7. The summed E-state index contributed by atoms with van der Waals surface area (Å²) in [7, 11) is 0. The lowest BCUT2D eigenvalue weighted by molar-refractivity contribution is 0.670. The average molecular weight is 731 g/mol. The first-order valence-corrected chi connectivity index (χ1v) is 19.2. The molecule has 0 N–H and O–H groups in total. The summed E-state index contributed by atoms with van der Waals surface area (Å²) in [5.41, 5.74) is 12.5. The van der Waals surface area contributed by atoms with Crippen LogP contribution in [0.2, 0.25) is 0 Å². The summed E-state index contributed by atoms with van der Waals surface area (Å²) in [6.07, 6.45) is 0.720. The van der Waals surface area contributed by atoms with Crippen LogP contribution in [0.15, 0.2) is 199 Å². The first-order chi connectivity index (χ1) is 28.2. The molecule has 0 atom stereocenters. The molecule has 0 radical (unpaired) electrons. The van der Waals surface area contributed by atoms with Crippen molar-refractivity contribution in [3.8, 4) is 51.0 Å². The topological polar surface area (TPSA) is 56.7 Å². The maximum Gasteiger partial charge on any atom is 0.164 e. The summed E-state index contributed by atoms with van der Waals surface area (Å²) in [5, 5.41) is 4.64. The number of benzene rings is 8. The van der Waals surface area contributed by atoms with Crippen LogP contribution in [0.3, 0.4) is 0 Å². The fraction of sp³-hybridized carbons (Fsp3) is 0.0192. The lowest BCUT2D eigenvalue weighted by atomic mass is 9.99. The summed E-state index contributed by atoms with van der Waals surface area (Å²) in [6.45, 7) is 0. The van der Waals surface area contributed by atoms with Gasteiger partial charge in [-0.1, -0.05) is 158 Å². The van der Waals surface area contributed by atoms with Crippen molar-refractivity contribution in [3.05, 3.63) is 205 Å². The van der Waals surface area contributed by atoms with Crippen molar-refractivity contribution >= 4 is 43.7 Å². The quantitative estimate of drug-likeness (QED) is 0.164. The van der Waals surface area contributed by atoms with E-state index in [0.717, 1.165) is 78.5 Å². The predicted molar refractivity (Wildman–Crippen MR) is 232 cm³/mol. The SMILES string of the molecule is c1ccc(Cc2cc(-c3nc(-c4ccccc4)nc(-c4ccccc4)n3)ccc2-n2c3ccccc3c3ccc(-c4cccc5c4oc4ccccc45)cc32)cc1. The van der Waals surface area contributed by atoms with Gasteiger partial charge in [-0.05, 0) is 59.5 Å². The van der Waals surface area contributed by atoms with Gasteiger partial charge < -0.3 is 8.98 Å². The summed E-state index contributed by atoms with van der Waals surface area (Å²) >= 11 is 0. The van der Waals surface area contributed by atoms with Crippen molar-refractivity contribution < 1.29 is 4.42 Å². The fourth-order valence-electron chi connectivity index (χ4n) is 8.21. The number of nitrogens with zero attached hydrogens (tertiary/aromatic N) is 4. The maximum atomic E-state index is 6.51. The molecule has 0 fully saturated rings. The molecule has 57 heavy (non-hydrogen) atoms. The molecule has 0 aliphatic carbocycles. The second-order valence-corrected chi connectivity index (χ2v) is 14.4. The molecule has 0 saturated heterocycles. The first-order valence-electron chi connectivity index (χ1n) is 19.2. The Morgan fingerprint density at radius 3 is 1.72 bits per heavy atom. The largest absolute Gasteiger partial charge is 0.455 e. The van der Waals surface area contributed by atoms with Gasteiger partial charge in [0.05, 0.1) is 11.0 Å². The van der Waals surface area contributed by atoms with Crippen molar-refractivity contribution in [1.29, 1.82) is 0 Å². The van der Waals surface area contributed by atoms with Crippen LogP contribution in [0.4, 0.5) is 0 Å². The molecule has 11 aromatic rings. The van der Waals surface area contributed by atoms with Crippen LogP contribution in [0.5, 0.6) is 0 Å². The smallest absolute Gasteiger partial charge is 0.164 e. The Morgan fingerprint density at radius 2 is 0.982 bits per heavy atom. The van der Waals surface area contributed by atoms with Crippen LogP contribution in [-0.2, 0) is 6.42 Å². The van der Waals surface area contributed by atoms with E-state index in [-0.39, 0.29) is 0 Å². The van der Waals surface area contributed by atoms with Crippen LogP contribution in [0.1, 0.15) is 11.1 Å². The molecule has 0 amide bonds. The number of fused-ring (bicyclic) bond motifs is 6. The number of furan rings is 1. The van der Waals surface area contributed by atoms with Gasteiger partial charge in [-0.2, -0.15) is 0 Å². The highest BCUT2D eigenvalue weighted by Gasteiger charge is 2.20. The van der Waals surface area contributed by atoms with E-state index in [1.165, 1.54) is 16.3 Å². The Kier molecular flexibility index (Phi) is 7.81. The van der Waals surface area contributed by atoms with E-state index in [0.29, 0.717) is 17.5 Å². The number of rotatable bonds is 7. The fourth-order valence-corrected chi connectivity index (χ4v) is 8.21. The molecule has 0 unspecified atom stereocenters. The molecule has 5 heteroatoms. The Hall–Kier alpha value is -7.63. The van der Waals surface area contributed by atoms with Gasteiger partial charge in [0, 0.05) is 49.5 Å². The van der Waals surface area contributed by atoms with E-state index in [1.54, 1.807) is 0 Å². The number of para-hydroxylation sites is 3. The van der Waals surface area contributed by atoms with Gasteiger partial charge in [0.25, 0.3) is 0 Å². The summed E-state index contributed by atoms with van der Waals surface area (Å²) < 4.78 is 8.94. The molecule has 0 aliphatic rings. The van der Waals surface area contributed by atoms with Crippen LogP contribution >= 0.6 is 0 Å². The zero-order valence-electron chi connectivity index (χ0n) is 30.9. The average Bonchev–Trinajstić information content (AvgIpc) is 3.83. The minimum absolute atomic E-state index is 0.631. The van der Waals surface area contributed by atoms with Crippen LogP contribution in [-0.4, -0.2) is 19.5 Å². The predicted octanol–water partition coefficient (Wildman–Crippen LogP) is 13.1. The second kappa shape index (κ2) is 13.6. The van der Waals surface area contributed by atoms with Crippen molar-refractivity contribution in [2.75, 3.05) is 0 Å². The van der Waals surface area contributed by atoms with Gasteiger partial charge in [-0.25, -0.2) is 15.0 Å². The van der Waals surface area contributed by atoms with E-state index in [9.17, 15) is 0 Å². The molecule has 0 saturated carbocycles. The minimum Gasteiger partial charge on any atom is -0.455 e.